The number of ether oxygens (including phenoxy) is 3. The third-order valence-electron chi connectivity index (χ3n) is 1.80. The Bertz CT molecular complexity index is 257. The molecule has 0 aromatic heterocycles. The summed E-state index contributed by atoms with van der Waals surface area (Å²) in [5, 5.41) is 0. The van der Waals surface area contributed by atoms with Crippen LogP contribution in [-0.2, 0) is 23.8 Å². The van der Waals surface area contributed by atoms with Gasteiger partial charge in [-0.2, -0.15) is 0 Å². The fourth-order valence-corrected chi connectivity index (χ4v) is 0.939. The van der Waals surface area contributed by atoms with Crippen LogP contribution < -0.4 is 0 Å². The largest absolute Gasteiger partial charge is 0.432 e. The van der Waals surface area contributed by atoms with Gasteiger partial charge in [0.25, 0.3) is 0 Å². The van der Waals surface area contributed by atoms with Gasteiger partial charge in [-0.05, 0) is 0 Å². The molecule has 0 bridgehead atoms. The Balaban J connectivity index is 4.30. The molecule has 2 atom stereocenters. The Morgan fingerprint density at radius 2 is 1.35 bits per heavy atom. The summed E-state index contributed by atoms with van der Waals surface area (Å²) in [6.07, 6.45) is 1.46. The molecule has 0 radical (unpaired) electrons. The van der Waals surface area contributed by atoms with Gasteiger partial charge < -0.3 is 14.2 Å². The van der Waals surface area contributed by atoms with Crippen molar-refractivity contribution in [2.75, 3.05) is 0 Å². The molecule has 0 fully saturated rings. The van der Waals surface area contributed by atoms with E-state index in [1.807, 2.05) is 0 Å². The van der Waals surface area contributed by atoms with Crippen molar-refractivity contribution in [3.63, 3.8) is 0 Å². The van der Waals surface area contributed by atoms with Crippen molar-refractivity contribution in [1.82, 2.24) is 0 Å². The summed E-state index contributed by atoms with van der Waals surface area (Å²) in [6, 6.07) is 0. The van der Waals surface area contributed by atoms with Crippen LogP contribution in [-0.4, -0.2) is 24.5 Å². The molecule has 96 valence electrons. The number of hydrogen-bond donors (Lipinski definition) is 0. The van der Waals surface area contributed by atoms with Gasteiger partial charge in [0.15, 0.2) is 0 Å². The van der Waals surface area contributed by atoms with Crippen LogP contribution in [0.15, 0.2) is 25.3 Å². The van der Waals surface area contributed by atoms with Crippen LogP contribution in [0.1, 0.15) is 26.7 Å². The van der Waals surface area contributed by atoms with Gasteiger partial charge in [-0.3, -0.25) is 0 Å². The third kappa shape index (κ3) is 6.52. The van der Waals surface area contributed by atoms with E-state index in [9.17, 15) is 9.59 Å². The van der Waals surface area contributed by atoms with E-state index in [4.69, 9.17) is 14.2 Å². The SMILES string of the molecule is C=CC(=O)O[C@@H](CC)O[C@H](CC)OC(=O)C=C. The predicted octanol–water partition coefficient (Wildman–Crippen LogP) is 1.93. The van der Waals surface area contributed by atoms with Crippen LogP contribution in [0.25, 0.3) is 0 Å². The summed E-state index contributed by atoms with van der Waals surface area (Å²) in [7, 11) is 0. The number of rotatable bonds is 8. The molecular formula is C12H18O5. The van der Waals surface area contributed by atoms with Crippen molar-refractivity contribution in [3.05, 3.63) is 25.3 Å². The first kappa shape index (κ1) is 15.4. The molecule has 0 aromatic carbocycles. The molecule has 0 N–H and O–H groups in total. The number of carbonyl (C=O) groups excluding carboxylic acids is 2. The zero-order chi connectivity index (χ0) is 13.3. The van der Waals surface area contributed by atoms with Crippen molar-refractivity contribution >= 4 is 11.9 Å². The zero-order valence-corrected chi connectivity index (χ0v) is 10.2. The van der Waals surface area contributed by atoms with E-state index >= 15 is 0 Å². The van der Waals surface area contributed by atoms with Crippen LogP contribution in [0.3, 0.4) is 0 Å². The number of esters is 2. The smallest absolute Gasteiger partial charge is 0.332 e. The van der Waals surface area contributed by atoms with Gasteiger partial charge in [-0.25, -0.2) is 9.59 Å². The zero-order valence-electron chi connectivity index (χ0n) is 10.2. The highest BCUT2D eigenvalue weighted by Gasteiger charge is 2.19. The maximum absolute atomic E-state index is 11.0. The van der Waals surface area contributed by atoms with E-state index < -0.39 is 24.5 Å². The van der Waals surface area contributed by atoms with Gasteiger partial charge in [0.05, 0.1) is 0 Å². The highest BCUT2D eigenvalue weighted by Crippen LogP contribution is 2.10. The molecule has 0 unspecified atom stereocenters. The van der Waals surface area contributed by atoms with Crippen LogP contribution in [0.2, 0.25) is 0 Å². The second kappa shape index (κ2) is 8.52. The fraction of sp³-hybridized carbons (Fsp3) is 0.500. The summed E-state index contributed by atoms with van der Waals surface area (Å²) < 4.78 is 15.1. The molecule has 0 saturated carbocycles. The molecule has 0 amide bonds. The summed E-state index contributed by atoms with van der Waals surface area (Å²) in [4.78, 5) is 22.0. The van der Waals surface area contributed by atoms with Gasteiger partial charge in [0.2, 0.25) is 12.6 Å². The maximum Gasteiger partial charge on any atom is 0.332 e. The van der Waals surface area contributed by atoms with Crippen molar-refractivity contribution in [2.45, 2.75) is 39.3 Å². The molecule has 0 saturated heterocycles. The van der Waals surface area contributed by atoms with E-state index in [-0.39, 0.29) is 0 Å². The summed E-state index contributed by atoms with van der Waals surface area (Å²) in [5.41, 5.74) is 0. The molecule has 0 aliphatic carbocycles. The predicted molar refractivity (Wildman–Crippen MR) is 61.8 cm³/mol. The van der Waals surface area contributed by atoms with Crippen LogP contribution in [0, 0.1) is 0 Å². The molecule has 0 spiro atoms. The molecule has 0 heterocycles. The Hall–Kier alpha value is -1.62. The topological polar surface area (TPSA) is 61.8 Å². The molecule has 0 aromatic rings. The first-order valence-electron chi connectivity index (χ1n) is 5.38. The molecule has 5 heteroatoms. The van der Waals surface area contributed by atoms with Gasteiger partial charge in [0.1, 0.15) is 0 Å². The average Bonchev–Trinajstić information content (AvgIpc) is 2.36. The lowest BCUT2D eigenvalue weighted by Crippen LogP contribution is -2.28. The molecule has 0 aliphatic heterocycles. The second-order valence-corrected chi connectivity index (χ2v) is 3.09. The molecule has 17 heavy (non-hydrogen) atoms. The lowest BCUT2D eigenvalue weighted by atomic mass is 10.4. The molecule has 5 nitrogen and oxygen atoms in total. The van der Waals surface area contributed by atoms with E-state index in [0.29, 0.717) is 12.8 Å². The Labute approximate surface area is 101 Å². The minimum atomic E-state index is -0.761. The highest BCUT2D eigenvalue weighted by atomic mass is 16.8. The van der Waals surface area contributed by atoms with Crippen molar-refractivity contribution in [1.29, 1.82) is 0 Å². The van der Waals surface area contributed by atoms with Gasteiger partial charge in [-0.1, -0.05) is 27.0 Å². The second-order valence-electron chi connectivity index (χ2n) is 3.09. The van der Waals surface area contributed by atoms with Crippen LogP contribution in [0.5, 0.6) is 0 Å². The van der Waals surface area contributed by atoms with E-state index in [1.165, 1.54) is 0 Å². The Morgan fingerprint density at radius 1 is 1.00 bits per heavy atom. The normalized spacial score (nSPS) is 13.3. The van der Waals surface area contributed by atoms with Gasteiger partial charge in [0, 0.05) is 25.0 Å². The van der Waals surface area contributed by atoms with Crippen molar-refractivity contribution < 1.29 is 23.8 Å². The Kier molecular flexibility index (Phi) is 7.71. The lowest BCUT2D eigenvalue weighted by molar-refractivity contribution is -0.234. The average molecular weight is 242 g/mol. The molecular weight excluding hydrogens is 224 g/mol. The first-order chi connectivity index (χ1) is 8.07. The monoisotopic (exact) mass is 242 g/mol. The molecule has 0 aliphatic rings. The minimum absolute atomic E-state index is 0.446. The molecule has 0 rings (SSSR count). The van der Waals surface area contributed by atoms with E-state index in [1.54, 1.807) is 13.8 Å². The third-order valence-corrected chi connectivity index (χ3v) is 1.80. The van der Waals surface area contributed by atoms with Crippen molar-refractivity contribution in [3.8, 4) is 0 Å². The fourth-order valence-electron chi connectivity index (χ4n) is 0.939. The standard InChI is InChI=1S/C12H18O5/c1-5-9(13)15-11(7-3)17-12(8-4)16-10(14)6-2/h5-6,11-12H,1-2,7-8H2,3-4H3/t11-,12-/m1/s1. The highest BCUT2D eigenvalue weighted by molar-refractivity contribution is 5.81. The summed E-state index contributed by atoms with van der Waals surface area (Å²) in [5.74, 6) is -1.16. The van der Waals surface area contributed by atoms with Gasteiger partial charge >= 0.3 is 11.9 Å². The number of hydrogen-bond acceptors (Lipinski definition) is 5. The summed E-state index contributed by atoms with van der Waals surface area (Å²) >= 11 is 0. The number of carbonyl (C=O) groups is 2. The Morgan fingerprint density at radius 3 is 1.59 bits per heavy atom. The summed E-state index contributed by atoms with van der Waals surface area (Å²) in [6.45, 7) is 10.1. The van der Waals surface area contributed by atoms with Gasteiger partial charge in [-0.15, -0.1) is 0 Å². The maximum atomic E-state index is 11.0. The van der Waals surface area contributed by atoms with Crippen LogP contribution >= 0.6 is 0 Å². The minimum Gasteiger partial charge on any atom is -0.432 e. The lowest BCUT2D eigenvalue weighted by Gasteiger charge is -2.22. The van der Waals surface area contributed by atoms with E-state index in [2.05, 4.69) is 13.2 Å². The van der Waals surface area contributed by atoms with Crippen molar-refractivity contribution in [2.24, 2.45) is 0 Å². The van der Waals surface area contributed by atoms with Crippen LogP contribution in [0.4, 0.5) is 0 Å². The first-order valence-corrected chi connectivity index (χ1v) is 5.38. The quantitative estimate of drug-likeness (QED) is 0.370. The van der Waals surface area contributed by atoms with E-state index in [0.717, 1.165) is 12.2 Å².